The highest BCUT2D eigenvalue weighted by molar-refractivity contribution is 14.0. The lowest BCUT2D eigenvalue weighted by Crippen LogP contribution is -2.47. The number of nitrogens with one attached hydrogen (secondary N) is 2. The second kappa shape index (κ2) is 8.86. The maximum atomic E-state index is 10.4. The molecule has 0 aliphatic carbocycles. The van der Waals surface area contributed by atoms with Gasteiger partial charge in [-0.25, -0.2) is 4.99 Å². The van der Waals surface area contributed by atoms with Crippen molar-refractivity contribution in [2.45, 2.75) is 25.5 Å². The number of halogens is 1. The van der Waals surface area contributed by atoms with Gasteiger partial charge in [-0.05, 0) is 31.2 Å². The SMILES string of the molecule is CCNC(=NCc1nnc2ccccn12)NCC1(O)CCSC1.I. The molecule has 2 aromatic rings. The highest BCUT2D eigenvalue weighted by atomic mass is 127. The molecular weight excluding hydrogens is 439 g/mol. The predicted molar refractivity (Wildman–Crippen MR) is 108 cm³/mol. The molecule has 3 N–H and O–H groups in total. The first-order valence-corrected chi connectivity index (χ1v) is 8.97. The number of aliphatic imine (C=N–C) groups is 1. The molecule has 7 nitrogen and oxygen atoms in total. The minimum Gasteiger partial charge on any atom is -0.387 e. The van der Waals surface area contributed by atoms with E-state index in [-0.39, 0.29) is 24.0 Å². The second-order valence-electron chi connectivity index (χ2n) is 5.62. The van der Waals surface area contributed by atoms with Gasteiger partial charge in [-0.3, -0.25) is 4.40 Å². The van der Waals surface area contributed by atoms with Crippen molar-refractivity contribution in [3.05, 3.63) is 30.2 Å². The lowest BCUT2D eigenvalue weighted by molar-refractivity contribution is 0.0724. The average Bonchev–Trinajstić information content (AvgIpc) is 3.17. The molecule has 24 heavy (non-hydrogen) atoms. The molecule has 1 aliphatic rings. The van der Waals surface area contributed by atoms with E-state index >= 15 is 0 Å². The number of nitrogens with zero attached hydrogens (tertiary/aromatic N) is 4. The van der Waals surface area contributed by atoms with Crippen LogP contribution in [0.25, 0.3) is 5.65 Å². The van der Waals surface area contributed by atoms with Gasteiger partial charge in [0.25, 0.3) is 0 Å². The predicted octanol–water partition coefficient (Wildman–Crippen LogP) is 1.27. The molecule has 1 fully saturated rings. The van der Waals surface area contributed by atoms with Crippen molar-refractivity contribution in [2.24, 2.45) is 4.99 Å². The number of aromatic nitrogens is 3. The number of aliphatic hydroxyl groups is 1. The Balaban J connectivity index is 0.00000208. The van der Waals surface area contributed by atoms with E-state index < -0.39 is 5.60 Å². The average molecular weight is 462 g/mol. The molecule has 3 heterocycles. The molecule has 0 saturated carbocycles. The van der Waals surface area contributed by atoms with Crippen LogP contribution in [0, 0.1) is 0 Å². The summed E-state index contributed by atoms with van der Waals surface area (Å²) in [5.41, 5.74) is 0.176. The van der Waals surface area contributed by atoms with Crippen molar-refractivity contribution >= 4 is 47.3 Å². The quantitative estimate of drug-likeness (QED) is 0.353. The van der Waals surface area contributed by atoms with Crippen LogP contribution in [0.1, 0.15) is 19.2 Å². The Kier molecular flexibility index (Phi) is 7.11. The first-order valence-electron chi connectivity index (χ1n) is 7.81. The summed E-state index contributed by atoms with van der Waals surface area (Å²) in [5.74, 6) is 3.25. The molecule has 1 saturated heterocycles. The van der Waals surface area contributed by atoms with Gasteiger partial charge in [0.1, 0.15) is 6.54 Å². The first-order chi connectivity index (χ1) is 11.2. The Bertz CT molecular complexity index is 685. The van der Waals surface area contributed by atoms with Gasteiger partial charge in [0.15, 0.2) is 17.4 Å². The van der Waals surface area contributed by atoms with Crippen LogP contribution >= 0.6 is 35.7 Å². The van der Waals surface area contributed by atoms with Crippen molar-refractivity contribution in [1.82, 2.24) is 25.2 Å². The summed E-state index contributed by atoms with van der Waals surface area (Å²) >= 11 is 1.79. The minimum absolute atomic E-state index is 0. The van der Waals surface area contributed by atoms with Crippen molar-refractivity contribution < 1.29 is 5.11 Å². The summed E-state index contributed by atoms with van der Waals surface area (Å²) in [4.78, 5) is 4.55. The third kappa shape index (κ3) is 4.73. The summed E-state index contributed by atoms with van der Waals surface area (Å²) < 4.78 is 1.92. The number of guanidine groups is 1. The molecule has 0 spiro atoms. The van der Waals surface area contributed by atoms with Crippen LogP contribution in [0.15, 0.2) is 29.4 Å². The van der Waals surface area contributed by atoms with E-state index in [0.717, 1.165) is 35.9 Å². The van der Waals surface area contributed by atoms with Gasteiger partial charge in [0, 0.05) is 25.0 Å². The Labute approximate surface area is 162 Å². The molecule has 0 amide bonds. The zero-order chi connectivity index (χ0) is 16.1. The van der Waals surface area contributed by atoms with Crippen molar-refractivity contribution in [2.75, 3.05) is 24.6 Å². The Hall–Kier alpha value is -1.07. The van der Waals surface area contributed by atoms with Gasteiger partial charge in [0.05, 0.1) is 5.60 Å². The molecular formula is C15H23IN6OS. The fourth-order valence-electron chi connectivity index (χ4n) is 2.47. The molecule has 1 aliphatic heterocycles. The Morgan fingerprint density at radius 3 is 3.04 bits per heavy atom. The molecule has 1 atom stereocenters. The third-order valence-electron chi connectivity index (χ3n) is 3.77. The van der Waals surface area contributed by atoms with Crippen LogP contribution in [-0.4, -0.2) is 55.9 Å². The number of hydrogen-bond acceptors (Lipinski definition) is 5. The summed E-state index contributed by atoms with van der Waals surface area (Å²) in [6.07, 6.45) is 2.75. The smallest absolute Gasteiger partial charge is 0.191 e. The van der Waals surface area contributed by atoms with Crippen LogP contribution in [0.3, 0.4) is 0 Å². The largest absolute Gasteiger partial charge is 0.387 e. The van der Waals surface area contributed by atoms with E-state index in [1.807, 2.05) is 35.7 Å². The molecule has 1 unspecified atom stereocenters. The number of fused-ring (bicyclic) bond motifs is 1. The van der Waals surface area contributed by atoms with E-state index in [1.165, 1.54) is 0 Å². The third-order valence-corrected chi connectivity index (χ3v) is 5.01. The highest BCUT2D eigenvalue weighted by Crippen LogP contribution is 2.26. The van der Waals surface area contributed by atoms with Crippen LogP contribution in [0.4, 0.5) is 0 Å². The second-order valence-corrected chi connectivity index (χ2v) is 6.73. The van der Waals surface area contributed by atoms with Crippen molar-refractivity contribution in [1.29, 1.82) is 0 Å². The maximum absolute atomic E-state index is 10.4. The summed E-state index contributed by atoms with van der Waals surface area (Å²) in [5, 5.41) is 25.1. The van der Waals surface area contributed by atoms with Gasteiger partial charge in [-0.15, -0.1) is 34.2 Å². The molecule has 3 rings (SSSR count). The van der Waals surface area contributed by atoms with E-state index in [4.69, 9.17) is 0 Å². The monoisotopic (exact) mass is 462 g/mol. The van der Waals surface area contributed by atoms with Gasteiger partial charge in [-0.1, -0.05) is 6.07 Å². The summed E-state index contributed by atoms with van der Waals surface area (Å²) in [7, 11) is 0. The van der Waals surface area contributed by atoms with Crippen LogP contribution in [0.5, 0.6) is 0 Å². The fourth-order valence-corrected chi connectivity index (χ4v) is 3.77. The zero-order valence-electron chi connectivity index (χ0n) is 13.6. The molecule has 2 aromatic heterocycles. The Morgan fingerprint density at radius 2 is 2.29 bits per heavy atom. The number of hydrogen-bond donors (Lipinski definition) is 3. The van der Waals surface area contributed by atoms with E-state index in [9.17, 15) is 5.11 Å². The lowest BCUT2D eigenvalue weighted by Gasteiger charge is -2.23. The van der Waals surface area contributed by atoms with Crippen molar-refractivity contribution in [3.63, 3.8) is 0 Å². The topological polar surface area (TPSA) is 86.8 Å². The highest BCUT2D eigenvalue weighted by Gasteiger charge is 2.31. The fraction of sp³-hybridized carbons (Fsp3) is 0.533. The Morgan fingerprint density at radius 1 is 1.42 bits per heavy atom. The molecule has 0 radical (unpaired) electrons. The van der Waals surface area contributed by atoms with Gasteiger partial charge in [0.2, 0.25) is 0 Å². The molecule has 132 valence electrons. The standard InChI is InChI=1S/C15H22N6OS.HI/c1-2-16-14(18-10-15(22)6-8-23-11-15)17-9-13-20-19-12-5-3-4-7-21(12)13;/h3-5,7,22H,2,6,8-11H2,1H3,(H2,16,17,18);1H. The van der Waals surface area contributed by atoms with Gasteiger partial charge < -0.3 is 15.7 Å². The van der Waals surface area contributed by atoms with Crippen molar-refractivity contribution in [3.8, 4) is 0 Å². The maximum Gasteiger partial charge on any atom is 0.191 e. The first kappa shape index (κ1) is 19.3. The van der Waals surface area contributed by atoms with Crippen LogP contribution in [0.2, 0.25) is 0 Å². The lowest BCUT2D eigenvalue weighted by atomic mass is 10.0. The number of rotatable bonds is 5. The summed E-state index contributed by atoms with van der Waals surface area (Å²) in [6.45, 7) is 3.71. The number of thioether (sulfide) groups is 1. The normalized spacial score (nSPS) is 20.8. The molecule has 0 bridgehead atoms. The van der Waals surface area contributed by atoms with Crippen LogP contribution < -0.4 is 10.6 Å². The minimum atomic E-state index is -0.636. The van der Waals surface area contributed by atoms with E-state index in [1.54, 1.807) is 11.8 Å². The molecule has 9 heteroatoms. The summed E-state index contributed by atoms with van der Waals surface area (Å²) in [6, 6.07) is 5.79. The molecule has 0 aromatic carbocycles. The van der Waals surface area contributed by atoms with E-state index in [0.29, 0.717) is 19.0 Å². The van der Waals surface area contributed by atoms with E-state index in [2.05, 4.69) is 25.8 Å². The number of pyridine rings is 1. The van der Waals surface area contributed by atoms with Crippen LogP contribution in [-0.2, 0) is 6.54 Å². The van der Waals surface area contributed by atoms with Gasteiger partial charge in [-0.2, -0.15) is 11.8 Å². The van der Waals surface area contributed by atoms with Gasteiger partial charge >= 0.3 is 0 Å². The zero-order valence-corrected chi connectivity index (χ0v) is 16.8.